The molecule has 2 aliphatic heterocycles. The fourth-order valence-corrected chi connectivity index (χ4v) is 5.58. The van der Waals surface area contributed by atoms with Crippen LogP contribution in [-0.4, -0.2) is 77.4 Å². The Morgan fingerprint density at radius 2 is 1.73 bits per heavy atom. The lowest BCUT2D eigenvalue weighted by Gasteiger charge is -2.33. The van der Waals surface area contributed by atoms with Gasteiger partial charge in [0.25, 0.3) is 0 Å². The molecule has 2 fully saturated rings. The van der Waals surface area contributed by atoms with Crippen molar-refractivity contribution in [3.8, 4) is 22.9 Å². The molecule has 11 heteroatoms. The minimum atomic E-state index is -1.22. The summed E-state index contributed by atoms with van der Waals surface area (Å²) in [5.74, 6) is -0.812. The van der Waals surface area contributed by atoms with Gasteiger partial charge in [-0.25, -0.2) is 14.0 Å². The fourth-order valence-electron chi connectivity index (χ4n) is 5.58. The number of halogens is 1. The summed E-state index contributed by atoms with van der Waals surface area (Å²) in [5, 5.41) is 12.3. The highest BCUT2D eigenvalue weighted by atomic mass is 19.1. The zero-order valence-corrected chi connectivity index (χ0v) is 26.7. The predicted molar refractivity (Wildman–Crippen MR) is 166 cm³/mol. The van der Waals surface area contributed by atoms with Crippen molar-refractivity contribution in [2.75, 3.05) is 19.6 Å². The number of nitriles is 1. The molecule has 4 rings (SSSR count). The molecule has 0 radical (unpaired) electrons. The lowest BCUT2D eigenvalue weighted by Crippen LogP contribution is -2.52. The van der Waals surface area contributed by atoms with Crippen molar-refractivity contribution in [2.24, 2.45) is 0 Å². The molecule has 0 aromatic heterocycles. The van der Waals surface area contributed by atoms with Crippen molar-refractivity contribution in [1.29, 1.82) is 5.26 Å². The normalized spacial score (nSPS) is 17.9. The Labute approximate surface area is 264 Å². The molecule has 0 bridgehead atoms. The monoisotopic (exact) mass is 622 g/mol. The summed E-state index contributed by atoms with van der Waals surface area (Å²) < 4.78 is 33.7. The van der Waals surface area contributed by atoms with Crippen LogP contribution in [0.1, 0.15) is 65.9 Å². The van der Waals surface area contributed by atoms with E-state index in [1.807, 2.05) is 18.2 Å². The standard InChI is InChI=1S/C34H43FN4O6/c1-22(2)43-33(42)38-18-15-25(16-19-38)44-29-14-13-26(23-10-7-6-8-11-23)30(35)27(29)20-28(37-32(41)45-34(3,4)5)31(40)39-17-9-12-24(39)21-36/h6-8,10-11,13-14,22,24-25,28H,9,12,15-20H2,1-5H3,(H,37,41)/t24-,28-/m0/s1. The summed E-state index contributed by atoms with van der Waals surface area (Å²) in [6, 6.07) is 12.7. The summed E-state index contributed by atoms with van der Waals surface area (Å²) in [4.78, 5) is 42.2. The average molecular weight is 623 g/mol. The summed E-state index contributed by atoms with van der Waals surface area (Å²) >= 11 is 0. The van der Waals surface area contributed by atoms with E-state index >= 15 is 4.39 Å². The lowest BCUT2D eigenvalue weighted by molar-refractivity contribution is -0.133. The molecule has 1 N–H and O–H groups in total. The molecule has 3 amide bonds. The lowest BCUT2D eigenvalue weighted by atomic mass is 9.96. The number of hydrogen-bond acceptors (Lipinski definition) is 7. The topological polar surface area (TPSA) is 121 Å². The SMILES string of the molecule is CC(C)OC(=O)N1CCC(Oc2ccc(-c3ccccc3)c(F)c2C[C@H](NC(=O)OC(C)(C)C)C(=O)N2CCC[C@H]2C#N)CC1. The van der Waals surface area contributed by atoms with Gasteiger partial charge < -0.3 is 29.3 Å². The van der Waals surface area contributed by atoms with E-state index in [1.165, 1.54) is 4.90 Å². The van der Waals surface area contributed by atoms with Crippen LogP contribution in [0, 0.1) is 17.1 Å². The van der Waals surface area contributed by atoms with Gasteiger partial charge in [0.15, 0.2) is 0 Å². The Kier molecular flexibility index (Phi) is 10.9. The van der Waals surface area contributed by atoms with Crippen LogP contribution in [0.15, 0.2) is 42.5 Å². The largest absolute Gasteiger partial charge is 0.490 e. The first-order chi connectivity index (χ1) is 21.4. The number of ether oxygens (including phenoxy) is 3. The van der Waals surface area contributed by atoms with Crippen LogP contribution >= 0.6 is 0 Å². The molecular formula is C34H43FN4O6. The van der Waals surface area contributed by atoms with Crippen LogP contribution in [0.2, 0.25) is 0 Å². The van der Waals surface area contributed by atoms with Crippen molar-refractivity contribution >= 4 is 18.1 Å². The number of nitrogens with one attached hydrogen (secondary N) is 1. The van der Waals surface area contributed by atoms with Crippen LogP contribution in [-0.2, 0) is 20.7 Å². The third kappa shape index (κ3) is 8.87. The zero-order valence-electron chi connectivity index (χ0n) is 26.7. The maximum atomic E-state index is 16.5. The molecular weight excluding hydrogens is 579 g/mol. The zero-order chi connectivity index (χ0) is 32.7. The molecule has 2 aromatic rings. The van der Waals surface area contributed by atoms with E-state index in [9.17, 15) is 19.6 Å². The maximum Gasteiger partial charge on any atom is 0.410 e. The fraction of sp³-hybridized carbons (Fsp3) is 0.529. The third-order valence-corrected chi connectivity index (χ3v) is 7.70. The Morgan fingerprint density at radius 3 is 2.36 bits per heavy atom. The average Bonchev–Trinajstić information content (AvgIpc) is 3.47. The van der Waals surface area contributed by atoms with Gasteiger partial charge in [-0.15, -0.1) is 0 Å². The van der Waals surface area contributed by atoms with Gasteiger partial charge in [-0.2, -0.15) is 5.26 Å². The van der Waals surface area contributed by atoms with Gasteiger partial charge in [0.2, 0.25) is 5.91 Å². The van der Waals surface area contributed by atoms with E-state index in [0.717, 1.165) is 0 Å². The number of benzene rings is 2. The Bertz CT molecular complexity index is 1400. The predicted octanol–water partition coefficient (Wildman–Crippen LogP) is 5.83. The highest BCUT2D eigenvalue weighted by Gasteiger charge is 2.36. The molecule has 2 atom stereocenters. The van der Waals surface area contributed by atoms with Crippen molar-refractivity contribution in [2.45, 2.75) is 96.6 Å². The van der Waals surface area contributed by atoms with E-state index in [-0.39, 0.29) is 36.0 Å². The number of hydrogen-bond donors (Lipinski definition) is 1. The third-order valence-electron chi connectivity index (χ3n) is 7.70. The van der Waals surface area contributed by atoms with Crippen LogP contribution in [0.5, 0.6) is 5.75 Å². The number of carbonyl (C=O) groups excluding carboxylic acids is 3. The van der Waals surface area contributed by atoms with Gasteiger partial charge in [-0.1, -0.05) is 30.3 Å². The summed E-state index contributed by atoms with van der Waals surface area (Å²) in [7, 11) is 0. The first-order valence-electron chi connectivity index (χ1n) is 15.5. The minimum absolute atomic E-state index is 0.125. The Balaban J connectivity index is 1.66. The van der Waals surface area contributed by atoms with E-state index < -0.39 is 35.5 Å². The van der Waals surface area contributed by atoms with Gasteiger partial charge in [0.1, 0.15) is 35.4 Å². The van der Waals surface area contributed by atoms with Crippen LogP contribution in [0.4, 0.5) is 14.0 Å². The first kappa shape index (κ1) is 33.6. The van der Waals surface area contributed by atoms with Gasteiger partial charge in [-0.3, -0.25) is 4.79 Å². The molecule has 2 aromatic carbocycles. The number of amides is 3. The number of rotatable bonds is 8. The van der Waals surface area contributed by atoms with Crippen LogP contribution in [0.25, 0.3) is 11.1 Å². The first-order valence-corrected chi connectivity index (χ1v) is 15.5. The van der Waals surface area contributed by atoms with Gasteiger partial charge >= 0.3 is 12.2 Å². The molecule has 2 saturated heterocycles. The maximum absolute atomic E-state index is 16.5. The Morgan fingerprint density at radius 1 is 1.04 bits per heavy atom. The quantitative estimate of drug-likeness (QED) is 0.393. The summed E-state index contributed by atoms with van der Waals surface area (Å²) in [6.45, 7) is 9.90. The van der Waals surface area contributed by atoms with Crippen molar-refractivity contribution < 1.29 is 33.0 Å². The molecule has 2 heterocycles. The molecule has 0 spiro atoms. The van der Waals surface area contributed by atoms with Gasteiger partial charge in [0, 0.05) is 50.0 Å². The highest BCUT2D eigenvalue weighted by Crippen LogP contribution is 2.34. The van der Waals surface area contributed by atoms with Crippen molar-refractivity contribution in [1.82, 2.24) is 15.1 Å². The minimum Gasteiger partial charge on any atom is -0.490 e. The smallest absolute Gasteiger partial charge is 0.410 e. The van der Waals surface area contributed by atoms with E-state index in [1.54, 1.807) is 63.8 Å². The van der Waals surface area contributed by atoms with E-state index in [4.69, 9.17) is 14.2 Å². The number of alkyl carbamates (subject to hydrolysis) is 1. The van der Waals surface area contributed by atoms with E-state index in [2.05, 4.69) is 11.4 Å². The number of nitrogens with zero attached hydrogens (tertiary/aromatic N) is 3. The van der Waals surface area contributed by atoms with Crippen LogP contribution in [0.3, 0.4) is 0 Å². The summed E-state index contributed by atoms with van der Waals surface area (Å²) in [5.41, 5.74) is 0.264. The molecule has 0 aliphatic carbocycles. The summed E-state index contributed by atoms with van der Waals surface area (Å²) in [6.07, 6.45) is 0.211. The number of likely N-dealkylation sites (tertiary alicyclic amines) is 2. The van der Waals surface area contributed by atoms with Crippen molar-refractivity contribution in [3.05, 3.63) is 53.8 Å². The van der Waals surface area contributed by atoms with Crippen molar-refractivity contribution in [3.63, 3.8) is 0 Å². The highest BCUT2D eigenvalue weighted by molar-refractivity contribution is 5.87. The molecule has 0 unspecified atom stereocenters. The molecule has 2 aliphatic rings. The Hall–Kier alpha value is -4.33. The molecule has 0 saturated carbocycles. The van der Waals surface area contributed by atoms with E-state index in [0.29, 0.717) is 56.4 Å². The van der Waals surface area contributed by atoms with Gasteiger partial charge in [0.05, 0.1) is 12.2 Å². The number of carbonyl (C=O) groups is 3. The molecule has 45 heavy (non-hydrogen) atoms. The second-order valence-corrected chi connectivity index (χ2v) is 12.7. The van der Waals surface area contributed by atoms with Gasteiger partial charge in [-0.05, 0) is 65.2 Å². The second kappa shape index (κ2) is 14.6. The molecule has 242 valence electrons. The second-order valence-electron chi connectivity index (χ2n) is 12.7. The molecule has 10 nitrogen and oxygen atoms in total. The van der Waals surface area contributed by atoms with Crippen LogP contribution < -0.4 is 10.1 Å². The number of piperidine rings is 1.